The van der Waals surface area contributed by atoms with Gasteiger partial charge in [0.2, 0.25) is 5.91 Å². The van der Waals surface area contributed by atoms with E-state index < -0.39 is 17.9 Å². The van der Waals surface area contributed by atoms with Gasteiger partial charge >= 0.3 is 5.97 Å². The van der Waals surface area contributed by atoms with Crippen LogP contribution in [0.3, 0.4) is 0 Å². The third-order valence-electron chi connectivity index (χ3n) is 6.14. The molecule has 2 aromatic rings. The number of hydrogen-bond donors (Lipinski definition) is 1. The molecule has 0 aromatic heterocycles. The van der Waals surface area contributed by atoms with E-state index in [0.717, 1.165) is 22.6 Å². The molecule has 1 heterocycles. The molecule has 1 aliphatic carbocycles. The lowest BCUT2D eigenvalue weighted by Crippen LogP contribution is -2.43. The Morgan fingerprint density at radius 1 is 1.12 bits per heavy atom. The number of hydrogen-bond acceptors (Lipinski definition) is 5. The zero-order chi connectivity index (χ0) is 23.0. The molecule has 6 heteroatoms. The van der Waals surface area contributed by atoms with Crippen molar-refractivity contribution >= 4 is 29.0 Å². The zero-order valence-corrected chi connectivity index (χ0v) is 18.8. The molecule has 166 valence electrons. The summed E-state index contributed by atoms with van der Waals surface area (Å²) in [5.74, 6) is -0.944. The van der Waals surface area contributed by atoms with Gasteiger partial charge in [0.1, 0.15) is 5.78 Å². The Morgan fingerprint density at radius 2 is 1.81 bits per heavy atom. The first-order valence-corrected chi connectivity index (χ1v) is 10.9. The van der Waals surface area contributed by atoms with E-state index in [4.69, 9.17) is 4.74 Å². The molecule has 0 saturated heterocycles. The number of fused-ring (bicyclic) bond motifs is 2. The number of methoxy groups -OCH3 is 1. The summed E-state index contributed by atoms with van der Waals surface area (Å²) >= 11 is 0. The summed E-state index contributed by atoms with van der Waals surface area (Å²) in [4.78, 5) is 40.5. The highest BCUT2D eigenvalue weighted by Gasteiger charge is 2.45. The fourth-order valence-electron chi connectivity index (χ4n) is 4.73. The van der Waals surface area contributed by atoms with Crippen LogP contribution in [-0.4, -0.2) is 24.8 Å². The summed E-state index contributed by atoms with van der Waals surface area (Å²) in [7, 11) is 1.34. The largest absolute Gasteiger partial charge is 0.465 e. The van der Waals surface area contributed by atoms with Gasteiger partial charge in [0.15, 0.2) is 0 Å². The number of anilines is 2. The fraction of sp³-hybridized carbons (Fsp3) is 0.346. The lowest BCUT2D eigenvalue weighted by molar-refractivity contribution is -0.125. The van der Waals surface area contributed by atoms with Gasteiger partial charge in [-0.3, -0.25) is 9.59 Å². The molecule has 1 amide bonds. The standard InChI is InChI=1S/C26H28N2O4/c1-5-22(30)28-20-9-7-6-8-18(20)27-19-14-26(2,3)15-21(29)23(19)24(28)16-10-12-17(13-11-16)25(31)32-4/h6-14,23-24,27H,5,15H2,1-4H3. The van der Waals surface area contributed by atoms with Crippen LogP contribution in [0.1, 0.15) is 55.6 Å². The molecule has 2 aliphatic rings. The number of Topliss-reactive ketones (excluding diaryl/α,β-unsaturated/α-hetero) is 1. The van der Waals surface area contributed by atoms with E-state index >= 15 is 0 Å². The Balaban J connectivity index is 1.94. The maximum atomic E-state index is 13.5. The molecule has 4 rings (SSSR count). The van der Waals surface area contributed by atoms with E-state index in [1.807, 2.05) is 57.2 Å². The van der Waals surface area contributed by atoms with Crippen LogP contribution in [0.4, 0.5) is 11.4 Å². The Labute approximate surface area is 188 Å². The van der Waals surface area contributed by atoms with Crippen molar-refractivity contribution in [3.05, 3.63) is 71.4 Å². The number of carbonyl (C=O) groups excluding carboxylic acids is 3. The summed E-state index contributed by atoms with van der Waals surface area (Å²) in [5, 5.41) is 3.47. The smallest absolute Gasteiger partial charge is 0.337 e. The third-order valence-corrected chi connectivity index (χ3v) is 6.14. The SMILES string of the molecule is CCC(=O)N1c2ccccc2NC2=CC(C)(C)CC(=O)C2C1c1ccc(C(=O)OC)cc1. The average Bonchev–Trinajstić information content (AvgIpc) is 2.91. The van der Waals surface area contributed by atoms with Crippen molar-refractivity contribution in [2.75, 3.05) is 17.3 Å². The number of rotatable bonds is 3. The van der Waals surface area contributed by atoms with Gasteiger partial charge in [0.05, 0.1) is 36.0 Å². The molecule has 32 heavy (non-hydrogen) atoms. The molecular formula is C26H28N2O4. The first-order valence-electron chi connectivity index (χ1n) is 10.9. The van der Waals surface area contributed by atoms with Gasteiger partial charge < -0.3 is 15.0 Å². The minimum atomic E-state index is -0.532. The first kappa shape index (κ1) is 21.8. The quantitative estimate of drug-likeness (QED) is 0.700. The second-order valence-corrected chi connectivity index (χ2v) is 9.03. The highest BCUT2D eigenvalue weighted by Crippen LogP contribution is 2.48. The van der Waals surface area contributed by atoms with E-state index in [0.29, 0.717) is 18.4 Å². The average molecular weight is 433 g/mol. The van der Waals surface area contributed by atoms with Crippen molar-refractivity contribution in [2.24, 2.45) is 11.3 Å². The number of ether oxygens (including phenoxy) is 1. The fourth-order valence-corrected chi connectivity index (χ4v) is 4.73. The molecule has 2 atom stereocenters. The van der Waals surface area contributed by atoms with E-state index in [9.17, 15) is 14.4 Å². The lowest BCUT2D eigenvalue weighted by Gasteiger charge is -2.39. The number of allylic oxidation sites excluding steroid dienone is 1. The zero-order valence-electron chi connectivity index (χ0n) is 18.8. The number of ketones is 1. The second-order valence-electron chi connectivity index (χ2n) is 9.03. The number of amides is 1. The number of nitrogens with zero attached hydrogens (tertiary/aromatic N) is 1. The van der Waals surface area contributed by atoms with Crippen molar-refractivity contribution in [3.63, 3.8) is 0 Å². The van der Waals surface area contributed by atoms with Crippen molar-refractivity contribution in [1.29, 1.82) is 0 Å². The Bertz CT molecular complexity index is 1100. The van der Waals surface area contributed by atoms with E-state index in [-0.39, 0.29) is 17.1 Å². The second kappa shape index (κ2) is 8.26. The summed E-state index contributed by atoms with van der Waals surface area (Å²) in [6.07, 6.45) is 2.81. The van der Waals surface area contributed by atoms with Crippen molar-refractivity contribution in [1.82, 2.24) is 0 Å². The number of carbonyl (C=O) groups is 3. The van der Waals surface area contributed by atoms with Crippen molar-refractivity contribution in [2.45, 2.75) is 39.7 Å². The monoisotopic (exact) mass is 432 g/mol. The molecule has 6 nitrogen and oxygen atoms in total. The van der Waals surface area contributed by atoms with Crippen LogP contribution >= 0.6 is 0 Å². The maximum Gasteiger partial charge on any atom is 0.337 e. The molecule has 1 aliphatic heterocycles. The van der Waals surface area contributed by atoms with Crippen LogP contribution in [0.2, 0.25) is 0 Å². The van der Waals surface area contributed by atoms with Crippen LogP contribution in [0.25, 0.3) is 0 Å². The summed E-state index contributed by atoms with van der Waals surface area (Å²) < 4.78 is 4.81. The number of nitrogens with one attached hydrogen (secondary N) is 1. The first-order chi connectivity index (χ1) is 15.3. The van der Waals surface area contributed by atoms with Gasteiger partial charge in [-0.25, -0.2) is 4.79 Å². The molecule has 2 aromatic carbocycles. The molecule has 0 saturated carbocycles. The topological polar surface area (TPSA) is 75.7 Å². The molecule has 1 N–H and O–H groups in total. The molecular weight excluding hydrogens is 404 g/mol. The Kier molecular flexibility index (Phi) is 5.63. The molecule has 0 bridgehead atoms. The van der Waals surface area contributed by atoms with Crippen LogP contribution in [0, 0.1) is 11.3 Å². The number of benzene rings is 2. The predicted molar refractivity (Wildman–Crippen MR) is 123 cm³/mol. The molecule has 0 spiro atoms. The van der Waals surface area contributed by atoms with E-state index in [1.165, 1.54) is 7.11 Å². The van der Waals surface area contributed by atoms with Crippen LogP contribution in [0.15, 0.2) is 60.3 Å². The molecule has 0 radical (unpaired) electrons. The number of esters is 1. The summed E-state index contributed by atoms with van der Waals surface area (Å²) in [6, 6.07) is 14.1. The van der Waals surface area contributed by atoms with E-state index in [1.54, 1.807) is 17.0 Å². The molecule has 0 fully saturated rings. The van der Waals surface area contributed by atoms with Gasteiger partial charge in [0, 0.05) is 18.5 Å². The van der Waals surface area contributed by atoms with Gasteiger partial charge in [-0.2, -0.15) is 0 Å². The number of para-hydroxylation sites is 2. The van der Waals surface area contributed by atoms with Crippen molar-refractivity contribution < 1.29 is 19.1 Å². The summed E-state index contributed by atoms with van der Waals surface area (Å²) in [6.45, 7) is 5.91. The Morgan fingerprint density at radius 3 is 2.47 bits per heavy atom. The van der Waals surface area contributed by atoms with Crippen LogP contribution < -0.4 is 10.2 Å². The maximum absolute atomic E-state index is 13.5. The Hall–Kier alpha value is -3.41. The van der Waals surface area contributed by atoms with Crippen LogP contribution in [-0.2, 0) is 14.3 Å². The minimum Gasteiger partial charge on any atom is -0.465 e. The van der Waals surface area contributed by atoms with Crippen molar-refractivity contribution in [3.8, 4) is 0 Å². The van der Waals surface area contributed by atoms with Gasteiger partial charge in [-0.05, 0) is 35.2 Å². The van der Waals surface area contributed by atoms with E-state index in [2.05, 4.69) is 11.4 Å². The van der Waals surface area contributed by atoms with Gasteiger partial charge in [0.25, 0.3) is 0 Å². The lowest BCUT2D eigenvalue weighted by atomic mass is 9.72. The third kappa shape index (κ3) is 3.81. The predicted octanol–water partition coefficient (Wildman–Crippen LogP) is 4.88. The molecule has 2 unspecified atom stereocenters. The van der Waals surface area contributed by atoms with Gasteiger partial charge in [-0.15, -0.1) is 0 Å². The highest BCUT2D eigenvalue weighted by atomic mass is 16.5. The van der Waals surface area contributed by atoms with Gasteiger partial charge in [-0.1, -0.05) is 51.1 Å². The normalized spacial score (nSPS) is 21.4. The van der Waals surface area contributed by atoms with Crippen LogP contribution in [0.5, 0.6) is 0 Å². The highest BCUT2D eigenvalue weighted by molar-refractivity contribution is 6.01. The summed E-state index contributed by atoms with van der Waals surface area (Å²) in [5.41, 5.74) is 3.28. The minimum absolute atomic E-state index is 0.0693.